The quantitative estimate of drug-likeness (QED) is 0.857. The lowest BCUT2D eigenvalue weighted by Crippen LogP contribution is -2.37. The van der Waals surface area contributed by atoms with E-state index in [0.717, 1.165) is 6.26 Å². The van der Waals surface area contributed by atoms with Crippen molar-refractivity contribution in [3.05, 3.63) is 34.9 Å². The predicted molar refractivity (Wildman–Crippen MR) is 73.2 cm³/mol. The third kappa shape index (κ3) is 3.02. The Labute approximate surface area is 115 Å². The lowest BCUT2D eigenvalue weighted by atomic mass is 10.1. The fraction of sp³-hybridized carbons (Fsp3) is 0.455. The molecule has 0 radical (unpaired) electrons. The van der Waals surface area contributed by atoms with Crippen LogP contribution in [0.5, 0.6) is 0 Å². The van der Waals surface area contributed by atoms with Gasteiger partial charge in [0, 0.05) is 11.3 Å². The van der Waals surface area contributed by atoms with E-state index in [-0.39, 0.29) is 6.42 Å². The van der Waals surface area contributed by atoms with Gasteiger partial charge in [-0.1, -0.05) is 46.6 Å². The number of benzene rings is 1. The molecule has 3 nitrogen and oxygen atoms in total. The Morgan fingerprint density at radius 1 is 1.41 bits per heavy atom. The molecular formula is C11H14BrClO3S. The van der Waals surface area contributed by atoms with Gasteiger partial charge in [-0.3, -0.25) is 0 Å². The van der Waals surface area contributed by atoms with Crippen LogP contribution in [-0.2, 0) is 9.84 Å². The Kier molecular flexibility index (Phi) is 4.63. The zero-order chi connectivity index (χ0) is 13.3. The summed E-state index contributed by atoms with van der Waals surface area (Å²) in [6.45, 7) is 1.70. The molecule has 0 aromatic heterocycles. The number of alkyl halides is 1. The van der Waals surface area contributed by atoms with Gasteiger partial charge in [-0.05, 0) is 24.1 Å². The van der Waals surface area contributed by atoms with Gasteiger partial charge in [-0.25, -0.2) is 8.42 Å². The van der Waals surface area contributed by atoms with Gasteiger partial charge in [0.25, 0.3) is 0 Å². The van der Waals surface area contributed by atoms with Crippen LogP contribution in [0.2, 0.25) is 5.02 Å². The third-order valence-electron chi connectivity index (χ3n) is 2.69. The highest BCUT2D eigenvalue weighted by Crippen LogP contribution is 2.41. The van der Waals surface area contributed by atoms with Gasteiger partial charge in [0.2, 0.25) is 0 Å². The first-order valence-corrected chi connectivity index (χ1v) is 8.10. The summed E-state index contributed by atoms with van der Waals surface area (Å²) >= 11 is 8.90. The van der Waals surface area contributed by atoms with Gasteiger partial charge >= 0.3 is 0 Å². The number of sulfone groups is 1. The molecule has 1 rings (SSSR count). The fourth-order valence-electron chi connectivity index (χ4n) is 1.55. The number of halogens is 2. The van der Waals surface area contributed by atoms with Crippen LogP contribution in [0.25, 0.3) is 0 Å². The van der Waals surface area contributed by atoms with E-state index in [2.05, 4.69) is 15.9 Å². The first-order chi connectivity index (χ1) is 7.72. The Bertz CT molecular complexity index is 486. The third-order valence-corrected chi connectivity index (χ3v) is 7.45. The summed E-state index contributed by atoms with van der Waals surface area (Å²) < 4.78 is 22.1. The van der Waals surface area contributed by atoms with E-state index in [1.54, 1.807) is 31.2 Å². The summed E-state index contributed by atoms with van der Waals surface area (Å²) in [4.78, 5) is 0. The average Bonchev–Trinajstić information content (AvgIpc) is 2.26. The highest BCUT2D eigenvalue weighted by atomic mass is 79.9. The smallest absolute Gasteiger partial charge is 0.166 e. The van der Waals surface area contributed by atoms with Gasteiger partial charge in [0.15, 0.2) is 13.5 Å². The van der Waals surface area contributed by atoms with Crippen molar-refractivity contribution in [1.82, 2.24) is 0 Å². The first kappa shape index (κ1) is 15.0. The van der Waals surface area contributed by atoms with Crippen LogP contribution < -0.4 is 0 Å². The van der Waals surface area contributed by atoms with E-state index in [1.807, 2.05) is 0 Å². The summed E-state index contributed by atoms with van der Waals surface area (Å²) in [5.41, 5.74) is 0.513. The van der Waals surface area contributed by atoms with Gasteiger partial charge in [-0.15, -0.1) is 0 Å². The highest BCUT2D eigenvalue weighted by molar-refractivity contribution is 9.11. The molecule has 1 aromatic rings. The molecule has 1 N–H and O–H groups in total. The minimum Gasteiger partial charge on any atom is -0.386 e. The molecule has 1 aromatic carbocycles. The van der Waals surface area contributed by atoms with E-state index in [1.165, 1.54) is 0 Å². The van der Waals surface area contributed by atoms with Crippen molar-refractivity contribution < 1.29 is 13.5 Å². The number of aliphatic hydroxyl groups is 1. The van der Waals surface area contributed by atoms with Crippen LogP contribution in [0.4, 0.5) is 0 Å². The number of hydrogen-bond acceptors (Lipinski definition) is 3. The molecule has 0 unspecified atom stereocenters. The lowest BCUT2D eigenvalue weighted by molar-refractivity contribution is 0.160. The summed E-state index contributed by atoms with van der Waals surface area (Å²) in [7, 11) is -3.44. The van der Waals surface area contributed by atoms with Crippen LogP contribution in [0.3, 0.4) is 0 Å². The average molecular weight is 342 g/mol. The lowest BCUT2D eigenvalue weighted by Gasteiger charge is -2.29. The summed E-state index contributed by atoms with van der Waals surface area (Å²) in [6.07, 6.45) is 0.222. The number of rotatable bonds is 4. The Morgan fingerprint density at radius 3 is 2.24 bits per heavy atom. The largest absolute Gasteiger partial charge is 0.386 e. The minimum atomic E-state index is -3.44. The SMILES string of the molecule is CC[C@](Br)([C@H](O)c1ccc(Cl)cc1)S(C)(=O)=O. The molecule has 0 spiro atoms. The van der Waals surface area contributed by atoms with E-state index in [4.69, 9.17) is 11.6 Å². The van der Waals surface area contributed by atoms with E-state index >= 15 is 0 Å². The van der Waals surface area contributed by atoms with Crippen LogP contribution in [0.1, 0.15) is 25.0 Å². The molecule has 0 aliphatic rings. The van der Waals surface area contributed by atoms with Gasteiger partial charge in [-0.2, -0.15) is 0 Å². The van der Waals surface area contributed by atoms with E-state index < -0.39 is 19.6 Å². The van der Waals surface area contributed by atoms with Crippen molar-refractivity contribution in [2.75, 3.05) is 6.26 Å². The van der Waals surface area contributed by atoms with E-state index in [0.29, 0.717) is 10.6 Å². The maximum atomic E-state index is 11.7. The molecule has 2 atom stereocenters. The molecule has 0 heterocycles. The van der Waals surface area contributed by atoms with Crippen LogP contribution >= 0.6 is 27.5 Å². The Hall–Kier alpha value is -0.100. The summed E-state index contributed by atoms with van der Waals surface area (Å²) in [5.74, 6) is 0. The monoisotopic (exact) mass is 340 g/mol. The van der Waals surface area contributed by atoms with Crippen molar-refractivity contribution >= 4 is 37.4 Å². The molecular weight excluding hydrogens is 328 g/mol. The van der Waals surface area contributed by atoms with Gasteiger partial charge in [0.1, 0.15) is 6.10 Å². The minimum absolute atomic E-state index is 0.260. The second kappa shape index (κ2) is 5.26. The Morgan fingerprint density at radius 2 is 1.88 bits per heavy atom. The normalized spacial score (nSPS) is 17.5. The standard InChI is InChI=1S/C11H14BrClO3S/c1-3-11(12,17(2,15)16)10(14)8-4-6-9(13)7-5-8/h4-7,10,14H,3H2,1-2H3/t10-,11-/m1/s1. The highest BCUT2D eigenvalue weighted by Gasteiger charge is 2.44. The molecule has 0 aliphatic carbocycles. The second-order valence-electron chi connectivity index (χ2n) is 3.87. The second-order valence-corrected chi connectivity index (χ2v) is 8.52. The zero-order valence-corrected chi connectivity index (χ0v) is 12.7. The molecule has 0 saturated heterocycles. The molecule has 96 valence electrons. The number of aliphatic hydroxyl groups excluding tert-OH is 1. The van der Waals surface area contributed by atoms with Crippen molar-refractivity contribution in [2.24, 2.45) is 0 Å². The van der Waals surface area contributed by atoms with Crippen LogP contribution in [0.15, 0.2) is 24.3 Å². The van der Waals surface area contributed by atoms with E-state index in [9.17, 15) is 13.5 Å². The van der Waals surface area contributed by atoms with Gasteiger partial charge in [0.05, 0.1) is 0 Å². The predicted octanol–water partition coefficient (Wildman–Crippen LogP) is 2.92. The molecule has 0 fully saturated rings. The molecule has 0 aliphatic heterocycles. The maximum Gasteiger partial charge on any atom is 0.166 e. The topological polar surface area (TPSA) is 54.4 Å². The molecule has 0 amide bonds. The summed E-state index contributed by atoms with van der Waals surface area (Å²) in [5, 5.41) is 10.7. The molecule has 0 bridgehead atoms. The molecule has 0 saturated carbocycles. The van der Waals surface area contributed by atoms with Crippen molar-refractivity contribution in [3.63, 3.8) is 0 Å². The first-order valence-electron chi connectivity index (χ1n) is 5.04. The number of hydrogen-bond donors (Lipinski definition) is 1. The van der Waals surface area contributed by atoms with Gasteiger partial charge < -0.3 is 5.11 Å². The van der Waals surface area contributed by atoms with Crippen molar-refractivity contribution in [1.29, 1.82) is 0 Å². The maximum absolute atomic E-state index is 11.7. The Balaban J connectivity index is 3.19. The van der Waals surface area contributed by atoms with Crippen LogP contribution in [0, 0.1) is 0 Å². The summed E-state index contributed by atoms with van der Waals surface area (Å²) in [6, 6.07) is 6.46. The molecule has 6 heteroatoms. The van der Waals surface area contributed by atoms with Crippen molar-refractivity contribution in [2.45, 2.75) is 23.1 Å². The zero-order valence-electron chi connectivity index (χ0n) is 9.52. The molecule has 17 heavy (non-hydrogen) atoms. The fourth-order valence-corrected chi connectivity index (χ4v) is 3.01. The van der Waals surface area contributed by atoms with Crippen molar-refractivity contribution in [3.8, 4) is 0 Å². The van der Waals surface area contributed by atoms with Crippen LogP contribution in [-0.4, -0.2) is 23.4 Å².